The summed E-state index contributed by atoms with van der Waals surface area (Å²) in [4.78, 5) is 12.5. The van der Waals surface area contributed by atoms with Gasteiger partial charge in [0.05, 0.1) is 33.9 Å². The average Bonchev–Trinajstić information content (AvgIpc) is 3.04. The highest BCUT2D eigenvalue weighted by Gasteiger charge is 2.16. The molecule has 0 atom stereocenters. The maximum Gasteiger partial charge on any atom is 0.338 e. The number of esters is 1. The maximum atomic E-state index is 12.7. The van der Waals surface area contributed by atoms with Crippen molar-refractivity contribution in [2.24, 2.45) is 4.40 Å². The minimum atomic E-state index is -3.87. The third-order valence-electron chi connectivity index (χ3n) is 4.10. The zero-order valence-electron chi connectivity index (χ0n) is 16.2. The van der Waals surface area contributed by atoms with Gasteiger partial charge in [0.15, 0.2) is 0 Å². The first-order chi connectivity index (χ1) is 14.0. The number of thiazole rings is 1. The van der Waals surface area contributed by atoms with Gasteiger partial charge in [-0.3, -0.25) is 0 Å². The first-order valence-electron chi connectivity index (χ1n) is 9.20. The Morgan fingerprint density at radius 2 is 1.86 bits per heavy atom. The van der Waals surface area contributed by atoms with E-state index in [-0.39, 0.29) is 11.5 Å². The van der Waals surface area contributed by atoms with Gasteiger partial charge in [0.2, 0.25) is 4.80 Å². The van der Waals surface area contributed by atoms with Crippen molar-refractivity contribution >= 4 is 37.5 Å². The third-order valence-corrected chi connectivity index (χ3v) is 6.53. The van der Waals surface area contributed by atoms with E-state index < -0.39 is 16.0 Å². The molecule has 0 spiro atoms. The molecule has 0 saturated heterocycles. The Morgan fingerprint density at radius 3 is 2.55 bits per heavy atom. The molecule has 0 aliphatic rings. The molecule has 7 nitrogen and oxygen atoms in total. The molecule has 0 bridgehead atoms. The highest BCUT2D eigenvalue weighted by molar-refractivity contribution is 7.90. The predicted octanol–water partition coefficient (Wildman–Crippen LogP) is 3.21. The summed E-state index contributed by atoms with van der Waals surface area (Å²) in [7, 11) is -3.87. The van der Waals surface area contributed by atoms with Gasteiger partial charge in [-0.2, -0.15) is 8.42 Å². The van der Waals surface area contributed by atoms with Crippen LogP contribution < -0.4 is 4.80 Å². The fraction of sp³-hybridized carbons (Fsp3) is 0.300. The summed E-state index contributed by atoms with van der Waals surface area (Å²) in [6.07, 6.45) is 0. The van der Waals surface area contributed by atoms with Crippen LogP contribution in [0.4, 0.5) is 0 Å². The Morgan fingerprint density at radius 1 is 1.10 bits per heavy atom. The summed E-state index contributed by atoms with van der Waals surface area (Å²) in [6.45, 7) is 5.34. The molecule has 154 valence electrons. The molecule has 0 saturated carbocycles. The average molecular weight is 435 g/mol. The van der Waals surface area contributed by atoms with Crippen molar-refractivity contribution in [2.75, 3.05) is 19.8 Å². The molecule has 3 aromatic rings. The summed E-state index contributed by atoms with van der Waals surface area (Å²) in [5.41, 5.74) is 1.19. The molecule has 1 heterocycles. The molecule has 0 amide bonds. The van der Waals surface area contributed by atoms with Crippen molar-refractivity contribution in [2.45, 2.75) is 25.3 Å². The zero-order chi connectivity index (χ0) is 20.9. The van der Waals surface area contributed by atoms with E-state index in [1.54, 1.807) is 47.9 Å². The van der Waals surface area contributed by atoms with Crippen molar-refractivity contribution in [3.05, 3.63) is 58.9 Å². The molecule has 0 aliphatic heterocycles. The zero-order valence-corrected chi connectivity index (χ0v) is 17.8. The maximum absolute atomic E-state index is 12.7. The second kappa shape index (κ2) is 9.34. The van der Waals surface area contributed by atoms with Gasteiger partial charge in [-0.1, -0.05) is 29.5 Å². The molecule has 0 aliphatic carbocycles. The molecular weight excluding hydrogens is 412 g/mol. The lowest BCUT2D eigenvalue weighted by atomic mass is 10.2. The fourth-order valence-electron chi connectivity index (χ4n) is 2.75. The molecule has 3 rings (SSSR count). The van der Waals surface area contributed by atoms with E-state index in [9.17, 15) is 13.2 Å². The molecule has 1 aromatic heterocycles. The SMILES string of the molecule is CCOCCn1/c(=N/S(=O)(=O)c2ccccc2)sc2cc(C(=O)OCC)ccc21. The van der Waals surface area contributed by atoms with E-state index in [0.29, 0.717) is 30.1 Å². The molecule has 0 radical (unpaired) electrons. The number of carbonyl (C=O) groups is 1. The Hall–Kier alpha value is -2.49. The minimum Gasteiger partial charge on any atom is -0.462 e. The number of carbonyl (C=O) groups excluding carboxylic acids is 1. The molecule has 9 heteroatoms. The quantitative estimate of drug-likeness (QED) is 0.401. The highest BCUT2D eigenvalue weighted by Crippen LogP contribution is 2.21. The molecular formula is C20H22N2O5S2. The number of hydrogen-bond acceptors (Lipinski definition) is 6. The van der Waals surface area contributed by atoms with Crippen molar-refractivity contribution in [1.29, 1.82) is 0 Å². The van der Waals surface area contributed by atoms with Gasteiger partial charge in [-0.15, -0.1) is 4.40 Å². The van der Waals surface area contributed by atoms with Crippen molar-refractivity contribution < 1.29 is 22.7 Å². The number of ether oxygens (including phenoxy) is 2. The monoisotopic (exact) mass is 434 g/mol. The topological polar surface area (TPSA) is 87.0 Å². The predicted molar refractivity (Wildman–Crippen MR) is 111 cm³/mol. The van der Waals surface area contributed by atoms with E-state index in [2.05, 4.69) is 4.40 Å². The van der Waals surface area contributed by atoms with Gasteiger partial charge in [0.1, 0.15) is 0 Å². The minimum absolute atomic E-state index is 0.126. The number of hydrogen-bond donors (Lipinski definition) is 0. The first-order valence-corrected chi connectivity index (χ1v) is 11.5. The molecule has 0 unspecified atom stereocenters. The van der Waals surface area contributed by atoms with Crippen LogP contribution in [0.3, 0.4) is 0 Å². The van der Waals surface area contributed by atoms with Gasteiger partial charge in [-0.05, 0) is 44.2 Å². The summed E-state index contributed by atoms with van der Waals surface area (Å²) in [5, 5.41) is 0. The first kappa shape index (κ1) is 21.2. The van der Waals surface area contributed by atoms with Gasteiger partial charge in [0, 0.05) is 13.2 Å². The number of fused-ring (bicyclic) bond motifs is 1. The standard InChI is InChI=1S/C20H22N2O5S2/c1-3-26-13-12-22-17-11-10-15(19(23)27-4-2)14-18(17)28-20(22)21-29(24,25)16-8-6-5-7-9-16/h5-11,14H,3-4,12-13H2,1-2H3/b21-20-. The Bertz CT molecular complexity index is 1160. The second-order valence-corrected chi connectivity index (χ2v) is 8.63. The van der Waals surface area contributed by atoms with Crippen LogP contribution in [0.25, 0.3) is 10.2 Å². The van der Waals surface area contributed by atoms with Crippen LogP contribution in [0, 0.1) is 0 Å². The summed E-state index contributed by atoms with van der Waals surface area (Å²) < 4.78 is 42.6. The summed E-state index contributed by atoms with van der Waals surface area (Å²) in [5.74, 6) is -0.418. The number of nitrogens with zero attached hydrogens (tertiary/aromatic N) is 2. The van der Waals surface area contributed by atoms with Gasteiger partial charge < -0.3 is 14.0 Å². The van der Waals surface area contributed by atoms with Crippen LogP contribution in [0.1, 0.15) is 24.2 Å². The van der Waals surface area contributed by atoms with Crippen LogP contribution in [0.15, 0.2) is 57.8 Å². The third kappa shape index (κ3) is 4.92. The van der Waals surface area contributed by atoms with Crippen molar-refractivity contribution in [3.63, 3.8) is 0 Å². The van der Waals surface area contributed by atoms with Crippen molar-refractivity contribution in [1.82, 2.24) is 4.57 Å². The lowest BCUT2D eigenvalue weighted by molar-refractivity contribution is 0.0526. The van der Waals surface area contributed by atoms with Crippen LogP contribution in [0.5, 0.6) is 0 Å². The van der Waals surface area contributed by atoms with Gasteiger partial charge in [0.25, 0.3) is 10.0 Å². The summed E-state index contributed by atoms with van der Waals surface area (Å²) in [6, 6.07) is 13.2. The highest BCUT2D eigenvalue weighted by atomic mass is 32.2. The van der Waals surface area contributed by atoms with Gasteiger partial charge in [-0.25, -0.2) is 4.79 Å². The largest absolute Gasteiger partial charge is 0.462 e. The van der Waals surface area contributed by atoms with E-state index in [1.807, 2.05) is 6.92 Å². The number of sulfonamides is 1. The van der Waals surface area contributed by atoms with Crippen molar-refractivity contribution in [3.8, 4) is 0 Å². The normalized spacial score (nSPS) is 12.4. The van der Waals surface area contributed by atoms with Gasteiger partial charge >= 0.3 is 5.97 Å². The molecule has 0 fully saturated rings. The summed E-state index contributed by atoms with van der Waals surface area (Å²) >= 11 is 1.21. The van der Waals surface area contributed by atoms with E-state index in [4.69, 9.17) is 9.47 Å². The Kier molecular flexibility index (Phi) is 6.83. The van der Waals surface area contributed by atoms with Crippen LogP contribution in [-0.4, -0.2) is 38.8 Å². The van der Waals surface area contributed by atoms with Crippen LogP contribution in [0.2, 0.25) is 0 Å². The number of benzene rings is 2. The Balaban J connectivity index is 2.13. The molecule has 2 aromatic carbocycles. The molecule has 29 heavy (non-hydrogen) atoms. The fourth-order valence-corrected chi connectivity index (χ4v) is 5.07. The van der Waals surface area contributed by atoms with E-state index >= 15 is 0 Å². The van der Waals surface area contributed by atoms with Crippen LogP contribution in [-0.2, 0) is 26.0 Å². The van der Waals surface area contributed by atoms with E-state index in [0.717, 1.165) is 10.2 Å². The smallest absolute Gasteiger partial charge is 0.338 e. The number of rotatable bonds is 8. The lowest BCUT2D eigenvalue weighted by Gasteiger charge is -2.06. The Labute approximate surface area is 173 Å². The van der Waals surface area contributed by atoms with E-state index in [1.165, 1.54) is 23.5 Å². The lowest BCUT2D eigenvalue weighted by Crippen LogP contribution is -2.20. The number of aromatic nitrogens is 1. The molecule has 0 N–H and O–H groups in total. The van der Waals surface area contributed by atoms with Crippen LogP contribution >= 0.6 is 11.3 Å². The second-order valence-electron chi connectivity index (χ2n) is 6.02.